The Balaban J connectivity index is 1.70. The van der Waals surface area contributed by atoms with Crippen LogP contribution in [0.25, 0.3) is 10.9 Å². The van der Waals surface area contributed by atoms with Crippen LogP contribution in [0.15, 0.2) is 59.4 Å². The number of hydrogen-bond donors (Lipinski definition) is 3. The number of fused-ring (bicyclic) bond motifs is 1. The molecule has 35 heavy (non-hydrogen) atoms. The molecule has 1 aliphatic heterocycles. The number of nitrogens with zero attached hydrogens (tertiary/aromatic N) is 1. The molecular weight excluding hydrogens is 466 g/mol. The Morgan fingerprint density at radius 3 is 2.40 bits per heavy atom. The molecule has 0 spiro atoms. The predicted octanol–water partition coefficient (Wildman–Crippen LogP) is 4.24. The summed E-state index contributed by atoms with van der Waals surface area (Å²) < 4.78 is 0. The molecule has 1 amide bonds. The number of benzene rings is 2. The van der Waals surface area contributed by atoms with Crippen LogP contribution in [0.2, 0.25) is 5.02 Å². The lowest BCUT2D eigenvalue weighted by Gasteiger charge is -2.33. The lowest BCUT2D eigenvalue weighted by atomic mass is 9.85. The summed E-state index contributed by atoms with van der Waals surface area (Å²) in [5.74, 6) is -1.62. The highest BCUT2D eigenvalue weighted by Crippen LogP contribution is 2.25. The molecule has 1 saturated heterocycles. The van der Waals surface area contributed by atoms with E-state index in [1.165, 1.54) is 18.9 Å². The highest BCUT2D eigenvalue weighted by molar-refractivity contribution is 6.30. The number of pyridine rings is 1. The molecule has 1 aromatic heterocycles. The largest absolute Gasteiger partial charge is 0.479 e. The van der Waals surface area contributed by atoms with Crippen molar-refractivity contribution in [1.29, 1.82) is 0 Å². The lowest BCUT2D eigenvalue weighted by Crippen LogP contribution is -2.57. The van der Waals surface area contributed by atoms with E-state index in [4.69, 9.17) is 11.6 Å². The van der Waals surface area contributed by atoms with Gasteiger partial charge in [0.2, 0.25) is 5.56 Å². The van der Waals surface area contributed by atoms with E-state index in [9.17, 15) is 19.5 Å². The minimum Gasteiger partial charge on any atom is -0.479 e. The van der Waals surface area contributed by atoms with Gasteiger partial charge in [0.25, 0.3) is 5.91 Å². The molecule has 1 unspecified atom stereocenters. The Kier molecular flexibility index (Phi) is 7.88. The number of amides is 1. The zero-order chi connectivity index (χ0) is 24.8. The summed E-state index contributed by atoms with van der Waals surface area (Å²) in [5, 5.41) is 14.6. The van der Waals surface area contributed by atoms with Crippen molar-refractivity contribution in [2.45, 2.75) is 44.1 Å². The molecule has 0 aliphatic carbocycles. The Labute approximate surface area is 209 Å². The minimum atomic E-state index is -1.60. The number of H-pyrrole nitrogens is 1. The van der Waals surface area contributed by atoms with Crippen LogP contribution in [0.3, 0.4) is 0 Å². The van der Waals surface area contributed by atoms with Gasteiger partial charge in [0.05, 0.1) is 0 Å². The Morgan fingerprint density at radius 1 is 1.03 bits per heavy atom. The van der Waals surface area contributed by atoms with Crippen LogP contribution in [0.4, 0.5) is 0 Å². The van der Waals surface area contributed by atoms with E-state index < -0.39 is 17.4 Å². The van der Waals surface area contributed by atoms with Crippen molar-refractivity contribution in [3.8, 4) is 0 Å². The van der Waals surface area contributed by atoms with Crippen molar-refractivity contribution in [3.63, 3.8) is 0 Å². The van der Waals surface area contributed by atoms with Gasteiger partial charge in [-0.2, -0.15) is 0 Å². The van der Waals surface area contributed by atoms with Crippen LogP contribution in [-0.4, -0.2) is 52.0 Å². The zero-order valence-corrected chi connectivity index (χ0v) is 20.3. The maximum atomic E-state index is 13.2. The number of carboxylic acids is 1. The number of nitrogens with one attached hydrogen (secondary N) is 2. The number of carbonyl (C=O) groups excluding carboxylic acids is 1. The third-order valence-corrected chi connectivity index (χ3v) is 7.00. The van der Waals surface area contributed by atoms with Gasteiger partial charge in [-0.05, 0) is 68.2 Å². The second-order valence-corrected chi connectivity index (χ2v) is 9.67. The van der Waals surface area contributed by atoms with E-state index in [-0.39, 0.29) is 18.4 Å². The molecule has 2 aromatic carbocycles. The number of aromatic nitrogens is 1. The van der Waals surface area contributed by atoms with Crippen molar-refractivity contribution in [2.24, 2.45) is 0 Å². The molecule has 8 heteroatoms. The van der Waals surface area contributed by atoms with E-state index in [0.717, 1.165) is 31.3 Å². The molecule has 3 aromatic rings. The third-order valence-electron chi connectivity index (χ3n) is 6.75. The topological polar surface area (TPSA) is 103 Å². The number of likely N-dealkylation sites (tertiary alicyclic amines) is 1. The molecule has 4 rings (SSSR count). The number of aliphatic carboxylic acids is 1. The van der Waals surface area contributed by atoms with Gasteiger partial charge in [-0.25, -0.2) is 4.79 Å². The van der Waals surface area contributed by atoms with Crippen LogP contribution in [0, 0.1) is 0 Å². The Morgan fingerprint density at radius 2 is 1.71 bits per heavy atom. The van der Waals surface area contributed by atoms with Crippen molar-refractivity contribution in [1.82, 2.24) is 15.2 Å². The molecule has 1 fully saturated rings. The summed E-state index contributed by atoms with van der Waals surface area (Å²) in [6.07, 6.45) is 4.70. The first-order valence-corrected chi connectivity index (χ1v) is 12.4. The van der Waals surface area contributed by atoms with Gasteiger partial charge in [-0.1, -0.05) is 42.6 Å². The van der Waals surface area contributed by atoms with Crippen molar-refractivity contribution in [3.05, 3.63) is 81.1 Å². The van der Waals surface area contributed by atoms with Gasteiger partial charge < -0.3 is 20.3 Å². The molecule has 0 bridgehead atoms. The normalized spacial score (nSPS) is 16.4. The van der Waals surface area contributed by atoms with Crippen LogP contribution >= 0.6 is 11.6 Å². The zero-order valence-electron chi connectivity index (χ0n) is 19.6. The molecule has 1 aliphatic rings. The first-order valence-electron chi connectivity index (χ1n) is 12.0. The van der Waals surface area contributed by atoms with Crippen LogP contribution in [-0.2, 0) is 11.2 Å². The van der Waals surface area contributed by atoms with Crippen LogP contribution in [0.1, 0.15) is 48.0 Å². The van der Waals surface area contributed by atoms with E-state index in [1.807, 2.05) is 18.2 Å². The van der Waals surface area contributed by atoms with E-state index >= 15 is 0 Å². The molecule has 184 valence electrons. The van der Waals surface area contributed by atoms with E-state index in [0.29, 0.717) is 28.2 Å². The molecule has 3 N–H and O–H groups in total. The Bertz CT molecular complexity index is 1250. The number of aromatic amines is 1. The molecule has 0 radical (unpaired) electrons. The minimum absolute atomic E-state index is 0.0140. The smallest absolute Gasteiger partial charge is 0.329 e. The summed E-state index contributed by atoms with van der Waals surface area (Å²) in [4.78, 5) is 43.5. The summed E-state index contributed by atoms with van der Waals surface area (Å²) in [6.45, 7) is 2.36. The number of carbonyl (C=O) groups is 2. The van der Waals surface area contributed by atoms with Gasteiger partial charge in [-0.3, -0.25) is 9.59 Å². The van der Waals surface area contributed by atoms with Gasteiger partial charge in [0.15, 0.2) is 0 Å². The Hall–Kier alpha value is -3.16. The summed E-state index contributed by atoms with van der Waals surface area (Å²) in [6, 6.07) is 15.1. The maximum Gasteiger partial charge on any atom is 0.329 e. The van der Waals surface area contributed by atoms with E-state index in [2.05, 4.69) is 15.2 Å². The van der Waals surface area contributed by atoms with E-state index in [1.54, 1.807) is 30.3 Å². The number of rotatable bonds is 8. The standard InChI is InChI=1S/C27H30ClN3O4/c28-21-11-9-19(10-12-21)25(33)30-27(26(34)35,13-16-31-14-5-1-2-6-15-31)18-20-17-24(32)29-23-8-4-3-7-22(20)23/h3-4,7-12,17H,1-2,5-6,13-16,18H2,(H,29,32)(H,30,33)(H,34,35). The summed E-state index contributed by atoms with van der Waals surface area (Å²) >= 11 is 5.96. The van der Waals surface area contributed by atoms with Crippen LogP contribution < -0.4 is 10.9 Å². The molecule has 7 nitrogen and oxygen atoms in total. The number of hydrogen-bond acceptors (Lipinski definition) is 4. The average Bonchev–Trinajstić information content (AvgIpc) is 3.11. The monoisotopic (exact) mass is 495 g/mol. The van der Waals surface area contributed by atoms with Gasteiger partial charge in [0, 0.05) is 40.5 Å². The quantitative estimate of drug-likeness (QED) is 0.433. The molecule has 2 heterocycles. The fourth-order valence-electron chi connectivity index (χ4n) is 4.78. The molecule has 1 atom stereocenters. The number of carboxylic acid groups (broad SMARTS) is 1. The maximum absolute atomic E-state index is 13.2. The lowest BCUT2D eigenvalue weighted by molar-refractivity contribution is -0.145. The van der Waals surface area contributed by atoms with Crippen molar-refractivity contribution < 1.29 is 14.7 Å². The highest BCUT2D eigenvalue weighted by Gasteiger charge is 2.41. The predicted molar refractivity (Wildman–Crippen MR) is 137 cm³/mol. The van der Waals surface area contributed by atoms with Crippen molar-refractivity contribution in [2.75, 3.05) is 19.6 Å². The first-order chi connectivity index (χ1) is 16.9. The highest BCUT2D eigenvalue weighted by atomic mass is 35.5. The third kappa shape index (κ3) is 6.10. The fraction of sp³-hybridized carbons (Fsp3) is 0.370. The van der Waals surface area contributed by atoms with Gasteiger partial charge in [-0.15, -0.1) is 0 Å². The first kappa shape index (κ1) is 24.9. The fourth-order valence-corrected chi connectivity index (χ4v) is 4.90. The summed E-state index contributed by atoms with van der Waals surface area (Å²) in [7, 11) is 0. The SMILES string of the molecule is O=C(NC(CCN1CCCCCC1)(Cc1cc(=O)[nH]c2ccccc12)C(=O)O)c1ccc(Cl)cc1. The number of halogens is 1. The second-order valence-electron chi connectivity index (χ2n) is 9.24. The molecular formula is C27H30ClN3O4. The number of para-hydroxylation sites is 1. The van der Waals surface area contributed by atoms with Crippen molar-refractivity contribution >= 4 is 34.4 Å². The van der Waals surface area contributed by atoms with Crippen LogP contribution in [0.5, 0.6) is 0 Å². The van der Waals surface area contributed by atoms with Gasteiger partial charge in [0.1, 0.15) is 5.54 Å². The van der Waals surface area contributed by atoms with Gasteiger partial charge >= 0.3 is 5.97 Å². The molecule has 0 saturated carbocycles. The second kappa shape index (κ2) is 11.1. The average molecular weight is 496 g/mol. The summed E-state index contributed by atoms with van der Waals surface area (Å²) in [5.41, 5.74) is -0.371.